The molecule has 0 bridgehead atoms. The zero-order valence-corrected chi connectivity index (χ0v) is 15.2. The molecule has 3 nitrogen and oxygen atoms in total. The summed E-state index contributed by atoms with van der Waals surface area (Å²) in [5.41, 5.74) is 8.45. The summed E-state index contributed by atoms with van der Waals surface area (Å²) in [7, 11) is 0. The molecule has 4 heteroatoms. The molecule has 2 heterocycles. The largest absolute Gasteiger partial charge is 0.397 e. The van der Waals surface area contributed by atoms with E-state index in [2.05, 4.69) is 33.9 Å². The third kappa shape index (κ3) is 5.49. The Hall–Kier alpha value is -2.02. The summed E-state index contributed by atoms with van der Waals surface area (Å²) in [6.07, 6.45) is 7.46. The molecular formula is C21H24ClN3. The van der Waals surface area contributed by atoms with Crippen LogP contribution in [0.3, 0.4) is 0 Å². The Morgan fingerprint density at radius 1 is 1.16 bits per heavy atom. The Morgan fingerprint density at radius 2 is 2.00 bits per heavy atom. The molecule has 1 fully saturated rings. The number of benzene rings is 1. The molecule has 1 aromatic heterocycles. The number of nitrogen functional groups attached to an aromatic ring is 1. The average molecular weight is 354 g/mol. The minimum atomic E-state index is 0.603. The Kier molecular flexibility index (Phi) is 6.33. The summed E-state index contributed by atoms with van der Waals surface area (Å²) in [6.45, 7) is 2.18. The molecule has 1 aromatic carbocycles. The quantitative estimate of drug-likeness (QED) is 0.839. The van der Waals surface area contributed by atoms with E-state index in [1.54, 1.807) is 6.20 Å². The highest BCUT2D eigenvalue weighted by Crippen LogP contribution is 2.21. The van der Waals surface area contributed by atoms with Crippen LogP contribution < -0.4 is 5.73 Å². The Morgan fingerprint density at radius 3 is 2.76 bits per heavy atom. The maximum absolute atomic E-state index is 5.99. The summed E-state index contributed by atoms with van der Waals surface area (Å²) in [5.74, 6) is 6.37. The first kappa shape index (κ1) is 17.8. The molecule has 2 N–H and O–H groups in total. The van der Waals surface area contributed by atoms with Gasteiger partial charge in [-0.1, -0.05) is 36.1 Å². The number of hydrogen-bond acceptors (Lipinski definition) is 3. The number of aromatic nitrogens is 1. The number of nitrogens with zero attached hydrogens (tertiary/aromatic N) is 2. The predicted molar refractivity (Wildman–Crippen MR) is 105 cm³/mol. The second-order valence-electron chi connectivity index (χ2n) is 6.54. The SMILES string of the molecule is Nc1ccc(C#CCCN2CCCCC2Cc2ccc(Cl)cc2)nc1. The molecule has 0 saturated carbocycles. The number of rotatable bonds is 4. The van der Waals surface area contributed by atoms with Crippen molar-refractivity contribution in [1.29, 1.82) is 0 Å². The van der Waals surface area contributed by atoms with Crippen molar-refractivity contribution in [3.05, 3.63) is 58.9 Å². The van der Waals surface area contributed by atoms with Gasteiger partial charge in [-0.15, -0.1) is 0 Å². The number of halogens is 1. The number of nitrogens with two attached hydrogens (primary N) is 1. The molecule has 25 heavy (non-hydrogen) atoms. The van der Waals surface area contributed by atoms with Gasteiger partial charge in [0.25, 0.3) is 0 Å². The molecule has 3 rings (SSSR count). The maximum atomic E-state index is 5.99. The highest BCUT2D eigenvalue weighted by molar-refractivity contribution is 6.30. The Bertz CT molecular complexity index is 728. The average Bonchev–Trinajstić information content (AvgIpc) is 2.63. The van der Waals surface area contributed by atoms with Gasteiger partial charge < -0.3 is 5.73 Å². The van der Waals surface area contributed by atoms with Crippen molar-refractivity contribution >= 4 is 17.3 Å². The summed E-state index contributed by atoms with van der Waals surface area (Å²) in [5, 5.41) is 0.802. The molecule has 1 saturated heterocycles. The number of pyridine rings is 1. The van der Waals surface area contributed by atoms with Crippen molar-refractivity contribution < 1.29 is 0 Å². The molecule has 0 aliphatic carbocycles. The first-order valence-electron chi connectivity index (χ1n) is 8.89. The second-order valence-corrected chi connectivity index (χ2v) is 6.98. The number of likely N-dealkylation sites (tertiary alicyclic amines) is 1. The van der Waals surface area contributed by atoms with Gasteiger partial charge in [-0.3, -0.25) is 4.90 Å². The lowest BCUT2D eigenvalue weighted by Crippen LogP contribution is -2.41. The second kappa shape index (κ2) is 8.89. The molecule has 1 aliphatic rings. The van der Waals surface area contributed by atoms with Gasteiger partial charge >= 0.3 is 0 Å². The monoisotopic (exact) mass is 353 g/mol. The van der Waals surface area contributed by atoms with Gasteiger partial charge in [0.1, 0.15) is 5.69 Å². The fraction of sp³-hybridized carbons (Fsp3) is 0.381. The van der Waals surface area contributed by atoms with E-state index in [9.17, 15) is 0 Å². The first-order chi connectivity index (χ1) is 12.2. The van der Waals surface area contributed by atoms with Crippen molar-refractivity contribution in [2.75, 3.05) is 18.8 Å². The van der Waals surface area contributed by atoms with Gasteiger partial charge in [-0.2, -0.15) is 0 Å². The third-order valence-corrected chi connectivity index (χ3v) is 4.91. The number of hydrogen-bond donors (Lipinski definition) is 1. The lowest BCUT2D eigenvalue weighted by atomic mass is 9.95. The van der Waals surface area contributed by atoms with E-state index in [1.165, 1.54) is 31.4 Å². The molecule has 130 valence electrons. The molecule has 0 radical (unpaired) electrons. The van der Waals surface area contributed by atoms with E-state index >= 15 is 0 Å². The lowest BCUT2D eigenvalue weighted by Gasteiger charge is -2.35. The maximum Gasteiger partial charge on any atom is 0.113 e. The molecule has 1 aliphatic heterocycles. The fourth-order valence-corrected chi connectivity index (χ4v) is 3.44. The Balaban J connectivity index is 1.54. The van der Waals surface area contributed by atoms with Crippen LogP contribution in [0.5, 0.6) is 0 Å². The van der Waals surface area contributed by atoms with Gasteiger partial charge in [0.05, 0.1) is 11.9 Å². The number of piperidine rings is 1. The zero-order valence-electron chi connectivity index (χ0n) is 14.4. The summed E-state index contributed by atoms with van der Waals surface area (Å²) in [4.78, 5) is 6.80. The van der Waals surface area contributed by atoms with Crippen LogP contribution in [0, 0.1) is 11.8 Å². The van der Waals surface area contributed by atoms with E-state index in [0.29, 0.717) is 11.7 Å². The predicted octanol–water partition coefficient (Wildman–Crippen LogP) is 4.16. The standard InChI is InChI=1S/C21H24ClN3/c22-18-9-7-17(8-10-18)15-21-6-2-4-14-25(21)13-3-1-5-20-12-11-19(23)16-24-20/h7-12,16,21H,2-4,6,13-15,23H2. The molecular weight excluding hydrogens is 330 g/mol. The molecule has 2 aromatic rings. The van der Waals surface area contributed by atoms with Gasteiger partial charge in [0, 0.05) is 24.0 Å². The van der Waals surface area contributed by atoms with Gasteiger partial charge in [0.2, 0.25) is 0 Å². The van der Waals surface area contributed by atoms with Gasteiger partial charge in [-0.25, -0.2) is 4.98 Å². The van der Waals surface area contributed by atoms with Gasteiger partial charge in [0.15, 0.2) is 0 Å². The molecule has 1 atom stereocenters. The third-order valence-electron chi connectivity index (χ3n) is 4.66. The van der Waals surface area contributed by atoms with Crippen molar-refractivity contribution in [3.8, 4) is 11.8 Å². The van der Waals surface area contributed by atoms with Crippen LogP contribution in [0.2, 0.25) is 5.02 Å². The molecule has 1 unspecified atom stereocenters. The smallest absolute Gasteiger partial charge is 0.113 e. The zero-order chi connectivity index (χ0) is 17.5. The van der Waals surface area contributed by atoms with E-state index in [1.807, 2.05) is 24.3 Å². The molecule has 0 spiro atoms. The topological polar surface area (TPSA) is 42.1 Å². The lowest BCUT2D eigenvalue weighted by molar-refractivity contribution is 0.151. The van der Waals surface area contributed by atoms with Crippen LogP contribution in [0.1, 0.15) is 36.9 Å². The van der Waals surface area contributed by atoms with E-state index in [4.69, 9.17) is 17.3 Å². The van der Waals surface area contributed by atoms with Crippen molar-refractivity contribution in [1.82, 2.24) is 9.88 Å². The van der Waals surface area contributed by atoms with E-state index < -0.39 is 0 Å². The minimum Gasteiger partial charge on any atom is -0.397 e. The van der Waals surface area contributed by atoms with Crippen molar-refractivity contribution in [2.24, 2.45) is 0 Å². The van der Waals surface area contributed by atoms with Crippen LogP contribution in [-0.2, 0) is 6.42 Å². The van der Waals surface area contributed by atoms with Crippen LogP contribution in [0.15, 0.2) is 42.6 Å². The summed E-state index contributed by atoms with van der Waals surface area (Å²) >= 11 is 5.99. The Labute approximate surface area is 155 Å². The van der Waals surface area contributed by atoms with Crippen LogP contribution >= 0.6 is 11.6 Å². The fourth-order valence-electron chi connectivity index (χ4n) is 3.31. The van der Waals surface area contributed by atoms with E-state index in [0.717, 1.165) is 30.1 Å². The normalized spacial score (nSPS) is 17.7. The van der Waals surface area contributed by atoms with Crippen LogP contribution in [0.4, 0.5) is 5.69 Å². The van der Waals surface area contributed by atoms with Crippen LogP contribution in [-0.4, -0.2) is 29.0 Å². The minimum absolute atomic E-state index is 0.603. The van der Waals surface area contributed by atoms with Crippen molar-refractivity contribution in [3.63, 3.8) is 0 Å². The molecule has 0 amide bonds. The number of anilines is 1. The van der Waals surface area contributed by atoms with E-state index in [-0.39, 0.29) is 0 Å². The van der Waals surface area contributed by atoms with Gasteiger partial charge in [-0.05, 0) is 61.6 Å². The van der Waals surface area contributed by atoms with Crippen LogP contribution in [0.25, 0.3) is 0 Å². The first-order valence-corrected chi connectivity index (χ1v) is 9.27. The highest BCUT2D eigenvalue weighted by Gasteiger charge is 2.21. The van der Waals surface area contributed by atoms with Crippen molar-refractivity contribution in [2.45, 2.75) is 38.1 Å². The summed E-state index contributed by atoms with van der Waals surface area (Å²) in [6, 6.07) is 12.6. The summed E-state index contributed by atoms with van der Waals surface area (Å²) < 4.78 is 0. The highest BCUT2D eigenvalue weighted by atomic mass is 35.5.